The maximum absolute atomic E-state index is 11.6. The van der Waals surface area contributed by atoms with E-state index in [1.165, 1.54) is 0 Å². The number of rotatable bonds is 5. The fraction of sp³-hybridized carbons (Fsp3) is 0.125. The Morgan fingerprint density at radius 3 is 2.09 bits per heavy atom. The average Bonchev–Trinajstić information content (AvgIpc) is 2.51. The second kappa shape index (κ2) is 7.64. The minimum Gasteiger partial charge on any atom is -0.457 e. The Morgan fingerprint density at radius 1 is 1.04 bits per heavy atom. The molecule has 4 N–H and O–H groups in total. The predicted molar refractivity (Wildman–Crippen MR) is 91.5 cm³/mol. The summed E-state index contributed by atoms with van der Waals surface area (Å²) >= 11 is 3.36. The molecule has 23 heavy (non-hydrogen) atoms. The summed E-state index contributed by atoms with van der Waals surface area (Å²) in [6.45, 7) is 1.63. The molecule has 0 aliphatic heterocycles. The molecule has 0 aromatic heterocycles. The summed E-state index contributed by atoms with van der Waals surface area (Å²) in [4.78, 5) is 22.2. The van der Waals surface area contributed by atoms with Crippen LogP contribution in [0.15, 0.2) is 53.0 Å². The Labute approximate surface area is 142 Å². The van der Waals surface area contributed by atoms with Gasteiger partial charge in [-0.1, -0.05) is 15.9 Å². The number of nitrogens with one attached hydrogen (secondary N) is 2. The third kappa shape index (κ3) is 5.30. The number of anilines is 1. The highest BCUT2D eigenvalue weighted by atomic mass is 79.9. The number of urea groups is 1. The van der Waals surface area contributed by atoms with E-state index in [0.717, 1.165) is 15.9 Å². The van der Waals surface area contributed by atoms with E-state index in [0.29, 0.717) is 5.75 Å². The van der Waals surface area contributed by atoms with Gasteiger partial charge >= 0.3 is 6.03 Å². The van der Waals surface area contributed by atoms with Crippen molar-refractivity contribution in [3.8, 4) is 11.5 Å². The molecule has 0 fully saturated rings. The standard InChI is InChI=1S/C16H16BrN3O3/c1-10(15(21)20-16(18)22)19-12-4-8-14(9-5-12)23-13-6-2-11(17)3-7-13/h2-10,19H,1H3,(H3,18,20,21,22). The van der Waals surface area contributed by atoms with E-state index in [2.05, 4.69) is 21.2 Å². The molecule has 0 saturated carbocycles. The molecule has 0 radical (unpaired) electrons. The number of hydrogen-bond donors (Lipinski definition) is 3. The van der Waals surface area contributed by atoms with Gasteiger partial charge in [-0.15, -0.1) is 0 Å². The number of carbonyl (C=O) groups excluding carboxylic acids is 2. The lowest BCUT2D eigenvalue weighted by molar-refractivity contribution is -0.120. The van der Waals surface area contributed by atoms with Crippen LogP contribution in [0.5, 0.6) is 11.5 Å². The van der Waals surface area contributed by atoms with Crippen molar-refractivity contribution >= 4 is 33.6 Å². The van der Waals surface area contributed by atoms with Gasteiger partial charge in [-0.2, -0.15) is 0 Å². The molecule has 120 valence electrons. The zero-order valence-corrected chi connectivity index (χ0v) is 14.0. The Balaban J connectivity index is 1.95. The molecule has 0 spiro atoms. The maximum atomic E-state index is 11.6. The molecule has 2 aromatic rings. The summed E-state index contributed by atoms with van der Waals surface area (Å²) < 4.78 is 6.68. The number of imide groups is 1. The van der Waals surface area contributed by atoms with E-state index < -0.39 is 18.0 Å². The van der Waals surface area contributed by atoms with Crippen LogP contribution >= 0.6 is 15.9 Å². The Bertz CT molecular complexity index is 687. The lowest BCUT2D eigenvalue weighted by Gasteiger charge is -2.14. The molecule has 0 bridgehead atoms. The van der Waals surface area contributed by atoms with Gasteiger partial charge in [0.1, 0.15) is 17.5 Å². The molecule has 2 rings (SSSR count). The summed E-state index contributed by atoms with van der Waals surface area (Å²) in [5.74, 6) is 0.905. The summed E-state index contributed by atoms with van der Waals surface area (Å²) in [6, 6.07) is 13.1. The van der Waals surface area contributed by atoms with Gasteiger partial charge in [0.15, 0.2) is 0 Å². The van der Waals surface area contributed by atoms with E-state index in [9.17, 15) is 9.59 Å². The molecule has 0 saturated heterocycles. The number of hydrogen-bond acceptors (Lipinski definition) is 4. The van der Waals surface area contributed by atoms with Crippen LogP contribution in [0.25, 0.3) is 0 Å². The average molecular weight is 378 g/mol. The highest BCUT2D eigenvalue weighted by molar-refractivity contribution is 9.10. The van der Waals surface area contributed by atoms with Gasteiger partial charge in [0.25, 0.3) is 0 Å². The maximum Gasteiger partial charge on any atom is 0.318 e. The van der Waals surface area contributed by atoms with Crippen molar-refractivity contribution in [2.24, 2.45) is 5.73 Å². The van der Waals surface area contributed by atoms with Gasteiger partial charge in [-0.05, 0) is 55.5 Å². The number of benzene rings is 2. The second-order valence-corrected chi connectivity index (χ2v) is 5.72. The van der Waals surface area contributed by atoms with Crippen LogP contribution in [0.2, 0.25) is 0 Å². The van der Waals surface area contributed by atoms with Gasteiger partial charge in [0.05, 0.1) is 0 Å². The molecule has 7 heteroatoms. The van der Waals surface area contributed by atoms with Gasteiger partial charge in [0, 0.05) is 10.2 Å². The zero-order valence-electron chi connectivity index (χ0n) is 12.4. The molecule has 2 aromatic carbocycles. The number of halogens is 1. The smallest absolute Gasteiger partial charge is 0.318 e. The molecular weight excluding hydrogens is 362 g/mol. The number of carbonyl (C=O) groups is 2. The first-order valence-electron chi connectivity index (χ1n) is 6.84. The third-order valence-electron chi connectivity index (χ3n) is 2.93. The van der Waals surface area contributed by atoms with Crippen LogP contribution in [0.3, 0.4) is 0 Å². The number of ether oxygens (including phenoxy) is 1. The van der Waals surface area contributed by atoms with Crippen molar-refractivity contribution < 1.29 is 14.3 Å². The number of amides is 3. The predicted octanol–water partition coefficient (Wildman–Crippen LogP) is 3.24. The Morgan fingerprint density at radius 2 is 1.57 bits per heavy atom. The van der Waals surface area contributed by atoms with Crippen molar-refractivity contribution in [3.05, 3.63) is 53.0 Å². The van der Waals surface area contributed by atoms with Crippen LogP contribution in [-0.4, -0.2) is 18.0 Å². The first-order chi connectivity index (χ1) is 10.9. The lowest BCUT2D eigenvalue weighted by Crippen LogP contribution is -2.43. The summed E-state index contributed by atoms with van der Waals surface area (Å²) in [5.41, 5.74) is 5.63. The topological polar surface area (TPSA) is 93.4 Å². The van der Waals surface area contributed by atoms with E-state index in [1.807, 2.05) is 29.6 Å². The first kappa shape index (κ1) is 16.8. The quantitative estimate of drug-likeness (QED) is 0.745. The molecule has 3 amide bonds. The van der Waals surface area contributed by atoms with Crippen LogP contribution in [0.1, 0.15) is 6.92 Å². The number of nitrogens with two attached hydrogens (primary N) is 1. The molecule has 0 heterocycles. The fourth-order valence-corrected chi connectivity index (χ4v) is 2.07. The molecule has 0 aliphatic carbocycles. The van der Waals surface area contributed by atoms with Crippen molar-refractivity contribution in [1.82, 2.24) is 5.32 Å². The van der Waals surface area contributed by atoms with E-state index >= 15 is 0 Å². The molecule has 6 nitrogen and oxygen atoms in total. The number of primary amides is 1. The van der Waals surface area contributed by atoms with Crippen LogP contribution in [0.4, 0.5) is 10.5 Å². The molecular formula is C16H16BrN3O3. The van der Waals surface area contributed by atoms with Crippen LogP contribution in [-0.2, 0) is 4.79 Å². The normalized spacial score (nSPS) is 11.4. The molecule has 1 unspecified atom stereocenters. The van der Waals surface area contributed by atoms with Gasteiger partial charge < -0.3 is 15.8 Å². The minimum absolute atomic E-state index is 0.493. The van der Waals surface area contributed by atoms with E-state index in [4.69, 9.17) is 10.5 Å². The van der Waals surface area contributed by atoms with E-state index in [-0.39, 0.29) is 0 Å². The van der Waals surface area contributed by atoms with Crippen LogP contribution in [0, 0.1) is 0 Å². The minimum atomic E-state index is -0.873. The summed E-state index contributed by atoms with van der Waals surface area (Å²) in [7, 11) is 0. The summed E-state index contributed by atoms with van der Waals surface area (Å²) in [5, 5.41) is 4.98. The van der Waals surface area contributed by atoms with Crippen LogP contribution < -0.4 is 21.1 Å². The Hall–Kier alpha value is -2.54. The van der Waals surface area contributed by atoms with Crippen molar-refractivity contribution in [2.75, 3.05) is 5.32 Å². The first-order valence-corrected chi connectivity index (χ1v) is 7.63. The highest BCUT2D eigenvalue weighted by Gasteiger charge is 2.13. The van der Waals surface area contributed by atoms with E-state index in [1.54, 1.807) is 31.2 Å². The van der Waals surface area contributed by atoms with Gasteiger partial charge in [-0.3, -0.25) is 10.1 Å². The summed E-state index contributed by atoms with van der Waals surface area (Å²) in [6.07, 6.45) is 0. The van der Waals surface area contributed by atoms with Crippen molar-refractivity contribution in [2.45, 2.75) is 13.0 Å². The van der Waals surface area contributed by atoms with Crippen molar-refractivity contribution in [1.29, 1.82) is 0 Å². The highest BCUT2D eigenvalue weighted by Crippen LogP contribution is 2.24. The SMILES string of the molecule is CC(Nc1ccc(Oc2ccc(Br)cc2)cc1)C(=O)NC(N)=O. The second-order valence-electron chi connectivity index (χ2n) is 4.80. The lowest BCUT2D eigenvalue weighted by atomic mass is 10.2. The Kier molecular flexibility index (Phi) is 5.59. The van der Waals surface area contributed by atoms with Crippen molar-refractivity contribution in [3.63, 3.8) is 0 Å². The molecule has 1 atom stereocenters. The van der Waals surface area contributed by atoms with Gasteiger partial charge in [-0.25, -0.2) is 4.79 Å². The monoisotopic (exact) mass is 377 g/mol. The molecule has 0 aliphatic rings. The largest absolute Gasteiger partial charge is 0.457 e. The van der Waals surface area contributed by atoms with Gasteiger partial charge in [0.2, 0.25) is 5.91 Å². The zero-order chi connectivity index (χ0) is 16.8. The third-order valence-corrected chi connectivity index (χ3v) is 3.46. The fourth-order valence-electron chi connectivity index (χ4n) is 1.80.